The third-order valence-electron chi connectivity index (χ3n) is 3.47. The van der Waals surface area contributed by atoms with Crippen molar-refractivity contribution in [1.29, 1.82) is 0 Å². The minimum Gasteiger partial charge on any atom is -0.280 e. The Hall–Kier alpha value is -1.61. The minimum atomic E-state index is 0.144. The normalized spacial score (nSPS) is 13.8. The number of carbonyl (C=O) groups excluding carboxylic acids is 1. The maximum Gasteiger partial charge on any atom is 0.236 e. The molecule has 1 heterocycles. The van der Waals surface area contributed by atoms with Crippen LogP contribution in [0.4, 0.5) is 11.4 Å². The zero-order chi connectivity index (χ0) is 13.4. The van der Waals surface area contributed by atoms with Crippen molar-refractivity contribution in [2.24, 2.45) is 0 Å². The standard InChI is InChI=1S/C16H14BrNO/c1-2-11-3-4-12-10-16(19)18(15(12)9-11)14-7-5-13(17)6-8-14/h3-9H,2,10H2,1H3. The molecular formula is C16H14BrNO. The summed E-state index contributed by atoms with van der Waals surface area (Å²) in [5, 5.41) is 0. The van der Waals surface area contributed by atoms with Crippen LogP contribution in [0.2, 0.25) is 0 Å². The maximum atomic E-state index is 12.2. The van der Waals surface area contributed by atoms with Crippen molar-refractivity contribution in [3.63, 3.8) is 0 Å². The van der Waals surface area contributed by atoms with Gasteiger partial charge in [-0.3, -0.25) is 9.69 Å². The lowest BCUT2D eigenvalue weighted by molar-refractivity contribution is -0.116. The average Bonchev–Trinajstić information content (AvgIpc) is 2.75. The second kappa shape index (κ2) is 4.82. The van der Waals surface area contributed by atoms with Gasteiger partial charge >= 0.3 is 0 Å². The van der Waals surface area contributed by atoms with E-state index >= 15 is 0 Å². The first-order valence-corrected chi connectivity index (χ1v) is 7.18. The molecule has 2 aromatic carbocycles. The Labute approximate surface area is 121 Å². The first-order valence-electron chi connectivity index (χ1n) is 6.39. The number of amides is 1. The first-order chi connectivity index (χ1) is 9.19. The summed E-state index contributed by atoms with van der Waals surface area (Å²) in [4.78, 5) is 14.1. The zero-order valence-electron chi connectivity index (χ0n) is 10.7. The van der Waals surface area contributed by atoms with E-state index in [0.717, 1.165) is 27.8 Å². The van der Waals surface area contributed by atoms with Crippen LogP contribution in [-0.4, -0.2) is 5.91 Å². The van der Waals surface area contributed by atoms with Gasteiger partial charge in [-0.25, -0.2) is 0 Å². The van der Waals surface area contributed by atoms with E-state index in [1.165, 1.54) is 5.56 Å². The lowest BCUT2D eigenvalue weighted by atomic mass is 10.1. The Balaban J connectivity index is 2.08. The SMILES string of the molecule is CCc1ccc2c(c1)N(c1ccc(Br)cc1)C(=O)C2. The number of hydrogen-bond donors (Lipinski definition) is 0. The van der Waals surface area contributed by atoms with Crippen LogP contribution in [0.5, 0.6) is 0 Å². The fourth-order valence-electron chi connectivity index (χ4n) is 2.44. The van der Waals surface area contributed by atoms with Gasteiger partial charge in [-0.15, -0.1) is 0 Å². The molecule has 19 heavy (non-hydrogen) atoms. The van der Waals surface area contributed by atoms with Gasteiger partial charge in [-0.1, -0.05) is 35.0 Å². The lowest BCUT2D eigenvalue weighted by Gasteiger charge is -2.18. The number of rotatable bonds is 2. The highest BCUT2D eigenvalue weighted by Crippen LogP contribution is 2.36. The second-order valence-electron chi connectivity index (χ2n) is 4.70. The molecule has 0 bridgehead atoms. The van der Waals surface area contributed by atoms with Gasteiger partial charge in [-0.2, -0.15) is 0 Å². The van der Waals surface area contributed by atoms with Crippen molar-refractivity contribution in [2.45, 2.75) is 19.8 Å². The van der Waals surface area contributed by atoms with E-state index in [1.807, 2.05) is 29.2 Å². The van der Waals surface area contributed by atoms with E-state index in [9.17, 15) is 4.79 Å². The van der Waals surface area contributed by atoms with Crippen LogP contribution in [0.15, 0.2) is 46.9 Å². The van der Waals surface area contributed by atoms with Crippen LogP contribution in [-0.2, 0) is 17.6 Å². The molecule has 0 unspecified atom stereocenters. The molecule has 1 aliphatic rings. The summed E-state index contributed by atoms with van der Waals surface area (Å²) in [5.41, 5.74) is 4.34. The molecule has 1 aliphatic heterocycles. The molecule has 2 aromatic rings. The fourth-order valence-corrected chi connectivity index (χ4v) is 2.70. The molecule has 0 aliphatic carbocycles. The Morgan fingerprint density at radius 2 is 1.89 bits per heavy atom. The smallest absolute Gasteiger partial charge is 0.236 e. The van der Waals surface area contributed by atoms with Crippen LogP contribution < -0.4 is 4.90 Å². The molecule has 0 aromatic heterocycles. The van der Waals surface area contributed by atoms with Crippen molar-refractivity contribution in [3.8, 4) is 0 Å². The molecule has 0 radical (unpaired) electrons. The average molecular weight is 316 g/mol. The van der Waals surface area contributed by atoms with Crippen molar-refractivity contribution >= 4 is 33.2 Å². The van der Waals surface area contributed by atoms with Crippen LogP contribution in [0, 0.1) is 0 Å². The monoisotopic (exact) mass is 315 g/mol. The van der Waals surface area contributed by atoms with Crippen LogP contribution in [0.3, 0.4) is 0 Å². The number of hydrogen-bond acceptors (Lipinski definition) is 1. The third-order valence-corrected chi connectivity index (χ3v) is 4.00. The van der Waals surface area contributed by atoms with Crippen molar-refractivity contribution in [3.05, 3.63) is 58.1 Å². The van der Waals surface area contributed by atoms with Crippen molar-refractivity contribution in [1.82, 2.24) is 0 Å². The van der Waals surface area contributed by atoms with Gasteiger partial charge in [0.15, 0.2) is 0 Å². The number of anilines is 2. The Kier molecular flexibility index (Phi) is 3.15. The maximum absolute atomic E-state index is 12.2. The van der Waals surface area contributed by atoms with E-state index in [-0.39, 0.29) is 5.91 Å². The highest BCUT2D eigenvalue weighted by atomic mass is 79.9. The predicted molar refractivity (Wildman–Crippen MR) is 80.8 cm³/mol. The van der Waals surface area contributed by atoms with Crippen molar-refractivity contribution < 1.29 is 4.79 Å². The largest absolute Gasteiger partial charge is 0.280 e. The highest BCUT2D eigenvalue weighted by Gasteiger charge is 2.28. The molecule has 0 atom stereocenters. The van der Waals surface area contributed by atoms with Crippen LogP contribution in [0.25, 0.3) is 0 Å². The highest BCUT2D eigenvalue weighted by molar-refractivity contribution is 9.10. The molecule has 96 valence electrons. The molecule has 3 rings (SSSR count). The summed E-state index contributed by atoms with van der Waals surface area (Å²) in [6.45, 7) is 2.13. The third kappa shape index (κ3) is 2.19. The molecule has 3 heteroatoms. The Bertz CT molecular complexity index is 634. The number of nitrogens with zero attached hydrogens (tertiary/aromatic N) is 1. The van der Waals surface area contributed by atoms with E-state index in [0.29, 0.717) is 6.42 Å². The molecule has 0 saturated carbocycles. The van der Waals surface area contributed by atoms with Gasteiger partial charge in [0, 0.05) is 10.2 Å². The fraction of sp³-hybridized carbons (Fsp3) is 0.188. The summed E-state index contributed by atoms with van der Waals surface area (Å²) in [6, 6.07) is 14.2. The number of halogens is 1. The van der Waals surface area contributed by atoms with Gasteiger partial charge in [-0.05, 0) is 47.9 Å². The van der Waals surface area contributed by atoms with Gasteiger partial charge in [0.05, 0.1) is 12.1 Å². The van der Waals surface area contributed by atoms with E-state index in [4.69, 9.17) is 0 Å². The van der Waals surface area contributed by atoms with Crippen molar-refractivity contribution in [2.75, 3.05) is 4.90 Å². The van der Waals surface area contributed by atoms with Crippen LogP contribution >= 0.6 is 15.9 Å². The Morgan fingerprint density at radius 1 is 1.16 bits per heavy atom. The molecule has 2 nitrogen and oxygen atoms in total. The molecular weight excluding hydrogens is 302 g/mol. The molecule has 0 N–H and O–H groups in total. The summed E-state index contributed by atoms with van der Waals surface area (Å²) >= 11 is 3.42. The quantitative estimate of drug-likeness (QED) is 0.812. The number of aryl methyl sites for hydroxylation is 1. The van der Waals surface area contributed by atoms with Gasteiger partial charge in [0.1, 0.15) is 0 Å². The van der Waals surface area contributed by atoms with Gasteiger partial charge < -0.3 is 0 Å². The zero-order valence-corrected chi connectivity index (χ0v) is 12.3. The molecule has 0 spiro atoms. The lowest BCUT2D eigenvalue weighted by Crippen LogP contribution is -2.20. The molecule has 0 fully saturated rings. The van der Waals surface area contributed by atoms with Gasteiger partial charge in [0.25, 0.3) is 0 Å². The summed E-state index contributed by atoms with van der Waals surface area (Å²) < 4.78 is 1.02. The number of benzene rings is 2. The van der Waals surface area contributed by atoms with E-state index < -0.39 is 0 Å². The summed E-state index contributed by atoms with van der Waals surface area (Å²) in [5.74, 6) is 0.144. The predicted octanol–water partition coefficient (Wildman–Crippen LogP) is 4.23. The number of fused-ring (bicyclic) bond motifs is 1. The molecule has 0 saturated heterocycles. The van der Waals surface area contributed by atoms with Gasteiger partial charge in [0.2, 0.25) is 5.91 Å². The minimum absolute atomic E-state index is 0.144. The van der Waals surface area contributed by atoms with E-state index in [2.05, 4.69) is 41.1 Å². The molecule has 1 amide bonds. The first kappa shape index (κ1) is 12.4. The van der Waals surface area contributed by atoms with Crippen LogP contribution in [0.1, 0.15) is 18.1 Å². The topological polar surface area (TPSA) is 20.3 Å². The second-order valence-corrected chi connectivity index (χ2v) is 5.61. The number of carbonyl (C=O) groups is 1. The summed E-state index contributed by atoms with van der Waals surface area (Å²) in [7, 11) is 0. The van der Waals surface area contributed by atoms with E-state index in [1.54, 1.807) is 0 Å². The summed E-state index contributed by atoms with van der Waals surface area (Å²) in [6.07, 6.45) is 1.48. The Morgan fingerprint density at radius 3 is 2.58 bits per heavy atom.